The Labute approximate surface area is 198 Å². The Kier molecular flexibility index (Phi) is 7.17. The minimum absolute atomic E-state index is 0.0288. The Morgan fingerprint density at radius 1 is 1.12 bits per heavy atom. The summed E-state index contributed by atoms with van der Waals surface area (Å²) < 4.78 is 0. The van der Waals surface area contributed by atoms with Gasteiger partial charge < -0.3 is 15.3 Å². The fraction of sp³-hybridized carbons (Fsp3) is 0.500. The van der Waals surface area contributed by atoms with Crippen LogP contribution in [0.3, 0.4) is 0 Å². The third kappa shape index (κ3) is 5.55. The van der Waals surface area contributed by atoms with E-state index in [9.17, 15) is 19.5 Å². The lowest BCUT2D eigenvalue weighted by Gasteiger charge is -2.47. The molecule has 0 radical (unpaired) electrons. The standard InChI is InChI=1S/C24H31ClN4O4/c1-24(2,3)29(23(32)33)20-13-15(22(31)28(4)5)7-9-18(20)27-21(30)19-10-6-14-12-16(25)8-11-17(14)26-19/h6,8,10-12,15,18,20H,7,9,13H2,1-5H3,(H,27,30)(H,32,33)/t15-,18-,20+/m0/s1. The van der Waals surface area contributed by atoms with Gasteiger partial charge in [0.05, 0.1) is 11.6 Å². The van der Waals surface area contributed by atoms with E-state index in [0.717, 1.165) is 5.39 Å². The number of benzene rings is 1. The van der Waals surface area contributed by atoms with Crippen LogP contribution in [0.25, 0.3) is 10.9 Å². The van der Waals surface area contributed by atoms with Gasteiger partial charge in [0.15, 0.2) is 0 Å². The van der Waals surface area contributed by atoms with Gasteiger partial charge in [0.1, 0.15) is 5.69 Å². The second-order valence-electron chi connectivity index (χ2n) is 9.75. The van der Waals surface area contributed by atoms with E-state index < -0.39 is 23.7 Å². The maximum atomic E-state index is 13.1. The van der Waals surface area contributed by atoms with Gasteiger partial charge in [0, 0.05) is 42.0 Å². The minimum Gasteiger partial charge on any atom is -0.465 e. The summed E-state index contributed by atoms with van der Waals surface area (Å²) in [6.45, 7) is 5.44. The van der Waals surface area contributed by atoms with Crippen LogP contribution in [-0.4, -0.2) is 69.5 Å². The van der Waals surface area contributed by atoms with Gasteiger partial charge in [0.2, 0.25) is 5.91 Å². The molecule has 9 heteroatoms. The Balaban J connectivity index is 1.88. The van der Waals surface area contributed by atoms with Crippen molar-refractivity contribution in [3.05, 3.63) is 41.0 Å². The van der Waals surface area contributed by atoms with E-state index in [1.54, 1.807) is 44.4 Å². The van der Waals surface area contributed by atoms with Gasteiger partial charge in [0.25, 0.3) is 5.91 Å². The molecule has 33 heavy (non-hydrogen) atoms. The summed E-state index contributed by atoms with van der Waals surface area (Å²) in [5, 5.41) is 14.4. The first-order valence-electron chi connectivity index (χ1n) is 11.0. The molecule has 1 aliphatic carbocycles. The van der Waals surface area contributed by atoms with Crippen LogP contribution >= 0.6 is 11.6 Å². The number of fused-ring (bicyclic) bond motifs is 1. The van der Waals surface area contributed by atoms with Crippen LogP contribution in [0.4, 0.5) is 4.79 Å². The summed E-state index contributed by atoms with van der Waals surface area (Å²) in [5.74, 6) is -0.705. The SMILES string of the molecule is CN(C)C(=O)[C@H]1CC[C@H](NC(=O)c2ccc3cc(Cl)ccc3n2)[C@H](N(C(=O)O)C(C)(C)C)C1. The Morgan fingerprint density at radius 2 is 1.82 bits per heavy atom. The molecule has 0 saturated heterocycles. The number of rotatable bonds is 4. The van der Waals surface area contributed by atoms with Crippen molar-refractivity contribution in [2.45, 2.75) is 57.7 Å². The number of carbonyl (C=O) groups excluding carboxylic acids is 2. The zero-order valence-corrected chi connectivity index (χ0v) is 20.4. The van der Waals surface area contributed by atoms with E-state index in [2.05, 4.69) is 10.3 Å². The average molecular weight is 475 g/mol. The maximum absolute atomic E-state index is 13.1. The minimum atomic E-state index is -1.08. The lowest BCUT2D eigenvalue weighted by molar-refractivity contribution is -0.135. The third-order valence-corrected chi connectivity index (χ3v) is 6.30. The van der Waals surface area contributed by atoms with Crippen molar-refractivity contribution in [1.29, 1.82) is 0 Å². The van der Waals surface area contributed by atoms with Crippen LogP contribution in [0, 0.1) is 5.92 Å². The van der Waals surface area contributed by atoms with Gasteiger partial charge in [-0.1, -0.05) is 17.7 Å². The molecule has 0 unspecified atom stereocenters. The van der Waals surface area contributed by atoms with Crippen LogP contribution in [0.5, 0.6) is 0 Å². The normalized spacial score (nSPS) is 20.8. The highest BCUT2D eigenvalue weighted by molar-refractivity contribution is 6.31. The number of pyridine rings is 1. The van der Waals surface area contributed by atoms with Crippen molar-refractivity contribution >= 4 is 40.4 Å². The fourth-order valence-electron chi connectivity index (χ4n) is 4.58. The summed E-state index contributed by atoms with van der Waals surface area (Å²) in [6, 6.07) is 7.66. The quantitative estimate of drug-likeness (QED) is 0.696. The Hall–Kier alpha value is -2.87. The van der Waals surface area contributed by atoms with Crippen LogP contribution < -0.4 is 5.32 Å². The predicted octanol–water partition coefficient (Wildman–Crippen LogP) is 4.02. The van der Waals surface area contributed by atoms with Crippen molar-refractivity contribution in [1.82, 2.24) is 20.1 Å². The van der Waals surface area contributed by atoms with Gasteiger partial charge in [-0.15, -0.1) is 0 Å². The van der Waals surface area contributed by atoms with E-state index >= 15 is 0 Å². The number of carboxylic acid groups (broad SMARTS) is 1. The van der Waals surface area contributed by atoms with Gasteiger partial charge in [-0.05, 0) is 64.3 Å². The van der Waals surface area contributed by atoms with E-state index in [1.807, 2.05) is 20.8 Å². The molecule has 178 valence electrons. The summed E-state index contributed by atoms with van der Waals surface area (Å²) in [5.41, 5.74) is 0.182. The number of aromatic nitrogens is 1. The first-order valence-corrected chi connectivity index (χ1v) is 11.4. The number of nitrogens with one attached hydrogen (secondary N) is 1. The molecule has 1 aromatic carbocycles. The number of halogens is 1. The molecular weight excluding hydrogens is 444 g/mol. The Bertz CT molecular complexity index is 1070. The number of nitrogens with zero attached hydrogens (tertiary/aromatic N) is 3. The van der Waals surface area contributed by atoms with Crippen molar-refractivity contribution in [3.8, 4) is 0 Å². The van der Waals surface area contributed by atoms with E-state index in [0.29, 0.717) is 29.8 Å². The number of carbonyl (C=O) groups is 3. The molecule has 1 saturated carbocycles. The lowest BCUT2D eigenvalue weighted by atomic mass is 9.79. The van der Waals surface area contributed by atoms with Gasteiger partial charge in [-0.2, -0.15) is 0 Å². The summed E-state index contributed by atoms with van der Waals surface area (Å²) >= 11 is 6.02. The monoisotopic (exact) mass is 474 g/mol. The first kappa shape index (κ1) is 24.8. The topological polar surface area (TPSA) is 103 Å². The molecule has 3 rings (SSSR count). The molecule has 1 aromatic heterocycles. The summed E-state index contributed by atoms with van der Waals surface area (Å²) in [6.07, 6.45) is 0.323. The predicted molar refractivity (Wildman–Crippen MR) is 127 cm³/mol. The van der Waals surface area contributed by atoms with Crippen molar-refractivity contribution < 1.29 is 19.5 Å². The molecule has 0 aliphatic heterocycles. The molecule has 2 N–H and O–H groups in total. The zero-order chi connectivity index (χ0) is 24.5. The van der Waals surface area contributed by atoms with Crippen molar-refractivity contribution in [3.63, 3.8) is 0 Å². The van der Waals surface area contributed by atoms with Crippen molar-refractivity contribution in [2.75, 3.05) is 14.1 Å². The highest BCUT2D eigenvalue weighted by atomic mass is 35.5. The van der Waals surface area contributed by atoms with Gasteiger partial charge in [-0.3, -0.25) is 14.5 Å². The number of hydrogen-bond acceptors (Lipinski definition) is 4. The number of amides is 3. The van der Waals surface area contributed by atoms with Crippen LogP contribution in [0.15, 0.2) is 30.3 Å². The second kappa shape index (κ2) is 9.55. The first-order chi connectivity index (χ1) is 15.4. The van der Waals surface area contributed by atoms with Crippen LogP contribution in [-0.2, 0) is 4.79 Å². The van der Waals surface area contributed by atoms with E-state index in [-0.39, 0.29) is 23.4 Å². The van der Waals surface area contributed by atoms with Gasteiger partial charge >= 0.3 is 6.09 Å². The molecule has 0 spiro atoms. The van der Waals surface area contributed by atoms with Gasteiger partial charge in [-0.25, -0.2) is 9.78 Å². The van der Waals surface area contributed by atoms with Crippen LogP contribution in [0.1, 0.15) is 50.5 Å². The summed E-state index contributed by atoms with van der Waals surface area (Å²) in [7, 11) is 3.39. The molecule has 1 fully saturated rings. The lowest BCUT2D eigenvalue weighted by Crippen LogP contribution is -2.61. The molecule has 2 aromatic rings. The van der Waals surface area contributed by atoms with E-state index in [1.165, 1.54) is 9.80 Å². The molecule has 8 nitrogen and oxygen atoms in total. The molecular formula is C24H31ClN4O4. The highest BCUT2D eigenvalue weighted by Crippen LogP contribution is 2.33. The highest BCUT2D eigenvalue weighted by Gasteiger charge is 2.43. The molecule has 1 heterocycles. The van der Waals surface area contributed by atoms with Crippen molar-refractivity contribution in [2.24, 2.45) is 5.92 Å². The Morgan fingerprint density at radius 3 is 2.42 bits per heavy atom. The molecule has 3 atom stereocenters. The largest absolute Gasteiger partial charge is 0.465 e. The third-order valence-electron chi connectivity index (χ3n) is 6.07. The maximum Gasteiger partial charge on any atom is 0.408 e. The molecule has 1 aliphatic rings. The fourth-order valence-corrected chi connectivity index (χ4v) is 4.76. The molecule has 0 bridgehead atoms. The second-order valence-corrected chi connectivity index (χ2v) is 10.2. The van der Waals surface area contributed by atoms with Crippen LogP contribution in [0.2, 0.25) is 5.02 Å². The zero-order valence-electron chi connectivity index (χ0n) is 19.6. The van der Waals surface area contributed by atoms with E-state index in [4.69, 9.17) is 11.6 Å². The summed E-state index contributed by atoms with van der Waals surface area (Å²) in [4.78, 5) is 45.3. The smallest absolute Gasteiger partial charge is 0.408 e. The average Bonchev–Trinajstić information content (AvgIpc) is 2.72. The number of hydrogen-bond donors (Lipinski definition) is 2. The molecule has 3 amide bonds.